The molecule has 1 unspecified atom stereocenters. The Balaban J connectivity index is 3.18. The summed E-state index contributed by atoms with van der Waals surface area (Å²) in [7, 11) is 1.54. The molecule has 1 aromatic rings. The Labute approximate surface area is 99.5 Å². The van der Waals surface area contributed by atoms with Crippen LogP contribution in [-0.2, 0) is 4.79 Å². The zero-order chi connectivity index (χ0) is 13.1. The van der Waals surface area contributed by atoms with Crippen LogP contribution in [0.1, 0.15) is 20.8 Å². The van der Waals surface area contributed by atoms with E-state index in [1.54, 1.807) is 0 Å². The van der Waals surface area contributed by atoms with Gasteiger partial charge in [0.15, 0.2) is 5.84 Å². The van der Waals surface area contributed by atoms with E-state index < -0.39 is 11.3 Å². The van der Waals surface area contributed by atoms with Gasteiger partial charge in [0.25, 0.3) is 0 Å². The van der Waals surface area contributed by atoms with E-state index in [2.05, 4.69) is 20.6 Å². The molecule has 0 saturated carbocycles. The minimum atomic E-state index is -0.626. The minimum Gasteiger partial charge on any atom is -0.409 e. The molecule has 7 heteroatoms. The van der Waals surface area contributed by atoms with Gasteiger partial charge in [-0.1, -0.05) is 25.9 Å². The van der Waals surface area contributed by atoms with Gasteiger partial charge in [0, 0.05) is 7.05 Å². The van der Waals surface area contributed by atoms with E-state index in [1.807, 2.05) is 20.8 Å². The number of hydrogen-bond acceptors (Lipinski definition) is 5. The molecule has 1 heterocycles. The predicted octanol–water partition coefficient (Wildman–Crippen LogP) is 0.322. The van der Waals surface area contributed by atoms with Crippen molar-refractivity contribution >= 4 is 11.7 Å². The molecule has 94 valence electrons. The highest BCUT2D eigenvalue weighted by atomic mass is 16.4. The molecule has 7 nitrogen and oxygen atoms in total. The number of hydrogen-bond donors (Lipinski definition) is 2. The van der Waals surface area contributed by atoms with Crippen molar-refractivity contribution in [3.63, 3.8) is 0 Å². The van der Waals surface area contributed by atoms with Crippen LogP contribution >= 0.6 is 0 Å². The van der Waals surface area contributed by atoms with E-state index in [0.29, 0.717) is 0 Å². The highest BCUT2D eigenvalue weighted by molar-refractivity contribution is 6.04. The first-order chi connectivity index (χ1) is 7.91. The fourth-order valence-corrected chi connectivity index (χ4v) is 1.60. The van der Waals surface area contributed by atoms with Gasteiger partial charge in [-0.3, -0.25) is 4.79 Å². The molecule has 1 aromatic heterocycles. The van der Waals surface area contributed by atoms with Crippen molar-refractivity contribution in [2.24, 2.45) is 16.5 Å². The molecule has 2 N–H and O–H groups in total. The van der Waals surface area contributed by atoms with E-state index in [1.165, 1.54) is 24.4 Å². The zero-order valence-electron chi connectivity index (χ0n) is 10.4. The predicted molar refractivity (Wildman–Crippen MR) is 61.7 cm³/mol. The number of nitrogens with one attached hydrogen (secondary N) is 1. The summed E-state index contributed by atoms with van der Waals surface area (Å²) >= 11 is 0. The molecule has 0 aromatic carbocycles. The highest BCUT2D eigenvalue weighted by Gasteiger charge is 2.37. The van der Waals surface area contributed by atoms with Crippen molar-refractivity contribution in [3.8, 4) is 0 Å². The number of amides is 1. The largest absolute Gasteiger partial charge is 0.409 e. The lowest BCUT2D eigenvalue weighted by Gasteiger charge is -2.28. The molecular weight excluding hydrogens is 222 g/mol. The number of carbonyl (C=O) groups excluding carboxylic acids is 1. The van der Waals surface area contributed by atoms with E-state index in [4.69, 9.17) is 5.21 Å². The van der Waals surface area contributed by atoms with Crippen LogP contribution in [0.3, 0.4) is 0 Å². The first-order valence-corrected chi connectivity index (χ1v) is 5.20. The second-order valence-corrected chi connectivity index (χ2v) is 4.71. The normalized spacial score (nSPS) is 14.5. The molecule has 0 saturated heterocycles. The van der Waals surface area contributed by atoms with Crippen molar-refractivity contribution in [3.05, 3.63) is 12.7 Å². The molecule has 0 bridgehead atoms. The summed E-state index contributed by atoms with van der Waals surface area (Å²) in [6, 6.07) is 0. The second kappa shape index (κ2) is 4.94. The summed E-state index contributed by atoms with van der Waals surface area (Å²) < 4.78 is 1.28. The van der Waals surface area contributed by atoms with Crippen molar-refractivity contribution in [1.29, 1.82) is 0 Å². The maximum absolute atomic E-state index is 11.9. The molecular formula is C10H17N5O2. The molecule has 0 aliphatic heterocycles. The van der Waals surface area contributed by atoms with Gasteiger partial charge in [-0.15, -0.1) is 0 Å². The van der Waals surface area contributed by atoms with Crippen LogP contribution in [0.4, 0.5) is 0 Å². The Morgan fingerprint density at radius 2 is 2.18 bits per heavy atom. The zero-order valence-corrected chi connectivity index (χ0v) is 10.4. The Kier molecular flexibility index (Phi) is 3.82. The van der Waals surface area contributed by atoms with Crippen LogP contribution in [0.25, 0.3) is 0 Å². The average Bonchev–Trinajstić information content (AvgIpc) is 2.76. The van der Waals surface area contributed by atoms with Crippen LogP contribution in [-0.4, -0.2) is 38.8 Å². The van der Waals surface area contributed by atoms with Gasteiger partial charge in [-0.05, 0) is 5.41 Å². The summed E-state index contributed by atoms with van der Waals surface area (Å²) in [5.74, 6) is -0.714. The standard InChI is InChI=1S/C10H17N5O2/c1-10(2,3)7(9(16)11-4)8(14-17)15-6-12-5-13-15/h5-7,17H,1-4H3,(H,11,16). The van der Waals surface area contributed by atoms with Crippen LogP contribution < -0.4 is 5.32 Å². The Morgan fingerprint density at radius 1 is 1.53 bits per heavy atom. The SMILES string of the molecule is CNC(=O)C(C(=NO)n1cncn1)C(C)(C)C. The van der Waals surface area contributed by atoms with Crippen LogP contribution in [0, 0.1) is 11.3 Å². The first kappa shape index (κ1) is 13.1. The molecule has 0 fully saturated rings. The van der Waals surface area contributed by atoms with Gasteiger partial charge in [0.05, 0.1) is 0 Å². The lowest BCUT2D eigenvalue weighted by atomic mass is 9.79. The Hall–Kier alpha value is -1.92. The topological polar surface area (TPSA) is 92.4 Å². The number of rotatable bonds is 2. The van der Waals surface area contributed by atoms with E-state index in [9.17, 15) is 4.79 Å². The maximum atomic E-state index is 11.9. The summed E-state index contributed by atoms with van der Waals surface area (Å²) in [5.41, 5.74) is -0.409. The van der Waals surface area contributed by atoms with E-state index in [-0.39, 0.29) is 11.7 Å². The van der Waals surface area contributed by atoms with Gasteiger partial charge in [0.1, 0.15) is 18.6 Å². The highest BCUT2D eigenvalue weighted by Crippen LogP contribution is 2.27. The third-order valence-electron chi connectivity index (χ3n) is 2.39. The van der Waals surface area contributed by atoms with Crippen molar-refractivity contribution in [2.75, 3.05) is 7.05 Å². The number of nitrogens with zero attached hydrogens (tertiary/aromatic N) is 4. The van der Waals surface area contributed by atoms with Crippen molar-refractivity contribution in [2.45, 2.75) is 20.8 Å². The third-order valence-corrected chi connectivity index (χ3v) is 2.39. The summed E-state index contributed by atoms with van der Waals surface area (Å²) in [6.45, 7) is 5.65. The monoisotopic (exact) mass is 239 g/mol. The number of oxime groups is 1. The molecule has 17 heavy (non-hydrogen) atoms. The third kappa shape index (κ3) is 2.80. The molecule has 0 spiro atoms. The molecule has 1 atom stereocenters. The van der Waals surface area contributed by atoms with Gasteiger partial charge in [-0.25, -0.2) is 9.67 Å². The molecule has 0 aliphatic rings. The molecule has 1 amide bonds. The van der Waals surface area contributed by atoms with Gasteiger partial charge in [-0.2, -0.15) is 5.10 Å². The molecule has 1 rings (SSSR count). The van der Waals surface area contributed by atoms with Gasteiger partial charge < -0.3 is 10.5 Å². The molecule has 0 aliphatic carbocycles. The number of carbonyl (C=O) groups is 1. The minimum absolute atomic E-state index is 0.148. The maximum Gasteiger partial charge on any atom is 0.231 e. The molecule has 0 radical (unpaired) electrons. The quantitative estimate of drug-likeness (QED) is 0.336. The van der Waals surface area contributed by atoms with Gasteiger partial charge in [0.2, 0.25) is 5.91 Å². The summed E-state index contributed by atoms with van der Waals surface area (Å²) in [5, 5.41) is 18.7. The van der Waals surface area contributed by atoms with E-state index in [0.717, 1.165) is 0 Å². The smallest absolute Gasteiger partial charge is 0.231 e. The first-order valence-electron chi connectivity index (χ1n) is 5.20. The Morgan fingerprint density at radius 3 is 2.53 bits per heavy atom. The second-order valence-electron chi connectivity index (χ2n) is 4.71. The lowest BCUT2D eigenvalue weighted by molar-refractivity contribution is -0.125. The fourth-order valence-electron chi connectivity index (χ4n) is 1.60. The summed E-state index contributed by atoms with van der Waals surface area (Å²) in [4.78, 5) is 15.7. The van der Waals surface area contributed by atoms with E-state index >= 15 is 0 Å². The van der Waals surface area contributed by atoms with Gasteiger partial charge >= 0.3 is 0 Å². The van der Waals surface area contributed by atoms with Crippen molar-refractivity contribution < 1.29 is 10.0 Å². The van der Waals surface area contributed by atoms with Crippen LogP contribution in [0.15, 0.2) is 17.8 Å². The fraction of sp³-hybridized carbons (Fsp3) is 0.600. The average molecular weight is 239 g/mol. The van der Waals surface area contributed by atoms with Crippen LogP contribution in [0.2, 0.25) is 0 Å². The van der Waals surface area contributed by atoms with Crippen molar-refractivity contribution in [1.82, 2.24) is 20.1 Å². The Bertz CT molecular complexity index is 405. The lowest BCUT2D eigenvalue weighted by Crippen LogP contribution is -2.44. The van der Waals surface area contributed by atoms with Crippen LogP contribution in [0.5, 0.6) is 0 Å². The summed E-state index contributed by atoms with van der Waals surface area (Å²) in [6.07, 6.45) is 2.70. The number of aromatic nitrogens is 3.